The molecule has 4 nitrogen and oxygen atoms in total. The average Bonchev–Trinajstić information content (AvgIpc) is 2.17. The number of nitriles is 1. The van der Waals surface area contributed by atoms with Gasteiger partial charge in [0.25, 0.3) is 9.05 Å². The minimum absolute atomic E-state index is 0.547. The fraction of sp³-hybridized carbons (Fsp3) is 0.125. The first-order chi connectivity index (χ1) is 8.06. The summed E-state index contributed by atoms with van der Waals surface area (Å²) in [6.45, 7) is 0. The molecule has 0 saturated carbocycles. The van der Waals surface area contributed by atoms with Crippen molar-refractivity contribution in [3.05, 3.63) is 23.5 Å². The van der Waals surface area contributed by atoms with Gasteiger partial charge in [-0.3, -0.25) is 0 Å². The maximum Gasteiger partial charge on any atom is 0.573 e. The van der Waals surface area contributed by atoms with Gasteiger partial charge < -0.3 is 4.74 Å². The van der Waals surface area contributed by atoms with Gasteiger partial charge >= 0.3 is 6.36 Å². The molecule has 0 heterocycles. The smallest absolute Gasteiger partial charge is 0.401 e. The molecule has 0 bridgehead atoms. The van der Waals surface area contributed by atoms with Crippen molar-refractivity contribution in [2.45, 2.75) is 11.3 Å². The minimum atomic E-state index is -5.33. The molecule has 0 aliphatic heterocycles. The molecule has 0 aromatic heterocycles. The third-order valence-electron chi connectivity index (χ3n) is 1.66. The lowest BCUT2D eigenvalue weighted by atomic mass is 10.2. The van der Waals surface area contributed by atoms with Crippen LogP contribution in [0.25, 0.3) is 0 Å². The van der Waals surface area contributed by atoms with Gasteiger partial charge in [0.2, 0.25) is 0 Å². The summed E-state index contributed by atoms with van der Waals surface area (Å²) in [6.07, 6.45) is -5.33. The molecule has 18 heavy (non-hydrogen) atoms. The Balaban J connectivity index is 3.57. The number of benzene rings is 1. The summed E-state index contributed by atoms with van der Waals surface area (Å²) in [7, 11) is 0.180. The maximum absolute atomic E-state index is 13.4. The van der Waals surface area contributed by atoms with Crippen LogP contribution in [0.2, 0.25) is 0 Å². The summed E-state index contributed by atoms with van der Waals surface area (Å²) in [6, 6.07) is 2.46. The zero-order chi connectivity index (χ0) is 14.1. The van der Waals surface area contributed by atoms with E-state index >= 15 is 0 Å². The third kappa shape index (κ3) is 3.24. The zero-order valence-electron chi connectivity index (χ0n) is 8.12. The van der Waals surface area contributed by atoms with Gasteiger partial charge in [0.05, 0.1) is 5.56 Å². The van der Waals surface area contributed by atoms with Crippen molar-refractivity contribution in [1.82, 2.24) is 0 Å². The Bertz CT molecular complexity index is 620. The van der Waals surface area contributed by atoms with Gasteiger partial charge in [-0.15, -0.1) is 13.2 Å². The molecule has 1 rings (SSSR count). The topological polar surface area (TPSA) is 67.2 Å². The second-order valence-corrected chi connectivity index (χ2v) is 5.39. The van der Waals surface area contributed by atoms with E-state index in [1.165, 1.54) is 6.07 Å². The van der Waals surface area contributed by atoms with Crippen molar-refractivity contribution in [1.29, 1.82) is 5.26 Å². The van der Waals surface area contributed by atoms with Crippen LogP contribution in [0.15, 0.2) is 17.0 Å². The van der Waals surface area contributed by atoms with E-state index in [4.69, 9.17) is 15.9 Å². The molecule has 0 unspecified atom stereocenters. The number of hydrogen-bond donors (Lipinski definition) is 0. The molecule has 10 heteroatoms. The standard InChI is InChI=1S/C8H2ClF4NO3S/c9-18(15,16)5-2-1-4(3-14)6(10)7(5)17-8(11,12)13/h1-2H. The first-order valence-electron chi connectivity index (χ1n) is 3.99. The average molecular weight is 304 g/mol. The van der Waals surface area contributed by atoms with Crippen LogP contribution >= 0.6 is 10.7 Å². The van der Waals surface area contributed by atoms with Crippen LogP contribution in [-0.4, -0.2) is 14.8 Å². The molecular weight excluding hydrogens is 302 g/mol. The highest BCUT2D eigenvalue weighted by Crippen LogP contribution is 2.35. The van der Waals surface area contributed by atoms with E-state index in [1.54, 1.807) is 0 Å². The molecule has 1 aromatic rings. The van der Waals surface area contributed by atoms with Gasteiger partial charge in [0, 0.05) is 10.7 Å². The highest BCUT2D eigenvalue weighted by atomic mass is 35.7. The monoisotopic (exact) mass is 303 g/mol. The predicted octanol–water partition coefficient (Wildman–Crippen LogP) is 2.52. The predicted molar refractivity (Wildman–Crippen MR) is 50.8 cm³/mol. The van der Waals surface area contributed by atoms with Gasteiger partial charge in [-0.25, -0.2) is 12.8 Å². The Kier molecular flexibility index (Phi) is 3.73. The second-order valence-electron chi connectivity index (χ2n) is 2.85. The van der Waals surface area contributed by atoms with Gasteiger partial charge in [-0.05, 0) is 12.1 Å². The van der Waals surface area contributed by atoms with E-state index in [9.17, 15) is 26.0 Å². The number of hydrogen-bond acceptors (Lipinski definition) is 4. The molecule has 98 valence electrons. The summed E-state index contributed by atoms with van der Waals surface area (Å²) in [5.74, 6) is -3.41. The van der Waals surface area contributed by atoms with Gasteiger partial charge in [-0.2, -0.15) is 5.26 Å². The van der Waals surface area contributed by atoms with Crippen molar-refractivity contribution in [3.63, 3.8) is 0 Å². The zero-order valence-corrected chi connectivity index (χ0v) is 9.70. The van der Waals surface area contributed by atoms with Gasteiger partial charge in [0.15, 0.2) is 11.6 Å². The van der Waals surface area contributed by atoms with E-state index < -0.39 is 37.4 Å². The molecule has 0 aliphatic carbocycles. The lowest BCUT2D eigenvalue weighted by Gasteiger charge is -2.12. The fourth-order valence-electron chi connectivity index (χ4n) is 1.03. The number of nitrogens with zero attached hydrogens (tertiary/aromatic N) is 1. The molecule has 0 radical (unpaired) electrons. The SMILES string of the molecule is N#Cc1ccc(S(=O)(=O)Cl)c(OC(F)(F)F)c1F. The van der Waals surface area contributed by atoms with Crippen molar-refractivity contribution in [2.75, 3.05) is 0 Å². The molecule has 1 aromatic carbocycles. The van der Waals surface area contributed by atoms with Gasteiger partial charge in [-0.1, -0.05) is 0 Å². The van der Waals surface area contributed by atoms with Crippen LogP contribution in [0.5, 0.6) is 5.75 Å². The molecular formula is C8H2ClF4NO3S. The lowest BCUT2D eigenvalue weighted by Crippen LogP contribution is -2.19. The number of rotatable bonds is 2. The molecule has 0 N–H and O–H groups in total. The fourth-order valence-corrected chi connectivity index (χ4v) is 1.98. The van der Waals surface area contributed by atoms with E-state index in [0.717, 1.165) is 0 Å². The van der Waals surface area contributed by atoms with Crippen molar-refractivity contribution < 1.29 is 30.7 Å². The molecule has 0 fully saturated rings. The Morgan fingerprint density at radius 1 is 1.33 bits per heavy atom. The van der Waals surface area contributed by atoms with E-state index in [2.05, 4.69) is 4.74 Å². The van der Waals surface area contributed by atoms with E-state index in [1.807, 2.05) is 0 Å². The van der Waals surface area contributed by atoms with E-state index in [-0.39, 0.29) is 0 Å². The van der Waals surface area contributed by atoms with Gasteiger partial charge in [0.1, 0.15) is 11.0 Å². The molecule has 0 atom stereocenters. The van der Waals surface area contributed by atoms with Crippen molar-refractivity contribution >= 4 is 19.7 Å². The number of halogens is 5. The third-order valence-corrected chi connectivity index (χ3v) is 3.01. The van der Waals surface area contributed by atoms with Crippen LogP contribution < -0.4 is 4.74 Å². The quantitative estimate of drug-likeness (QED) is 0.622. The van der Waals surface area contributed by atoms with Crippen molar-refractivity contribution in [3.8, 4) is 11.8 Å². The molecule has 0 spiro atoms. The van der Waals surface area contributed by atoms with Crippen LogP contribution in [0.4, 0.5) is 17.6 Å². The Morgan fingerprint density at radius 3 is 2.28 bits per heavy atom. The Morgan fingerprint density at radius 2 is 1.89 bits per heavy atom. The highest BCUT2D eigenvalue weighted by molar-refractivity contribution is 8.13. The molecule has 0 amide bonds. The first kappa shape index (κ1) is 14.5. The van der Waals surface area contributed by atoms with E-state index in [0.29, 0.717) is 12.1 Å². The largest absolute Gasteiger partial charge is 0.573 e. The maximum atomic E-state index is 13.4. The second kappa shape index (κ2) is 4.62. The summed E-state index contributed by atoms with van der Waals surface area (Å²) in [5.41, 5.74) is -0.807. The summed E-state index contributed by atoms with van der Waals surface area (Å²) < 4.78 is 74.6. The summed E-state index contributed by atoms with van der Waals surface area (Å²) >= 11 is 0. The van der Waals surface area contributed by atoms with Crippen LogP contribution in [0, 0.1) is 17.1 Å². The Hall–Kier alpha value is -1.53. The Labute approximate surface area is 103 Å². The first-order valence-corrected chi connectivity index (χ1v) is 6.30. The highest BCUT2D eigenvalue weighted by Gasteiger charge is 2.36. The molecule has 0 aliphatic rings. The summed E-state index contributed by atoms with van der Waals surface area (Å²) in [5, 5.41) is 8.43. The van der Waals surface area contributed by atoms with Crippen molar-refractivity contribution in [2.24, 2.45) is 0 Å². The minimum Gasteiger partial charge on any atom is -0.401 e. The lowest BCUT2D eigenvalue weighted by molar-refractivity contribution is -0.276. The molecule has 0 saturated heterocycles. The number of alkyl halides is 3. The normalized spacial score (nSPS) is 12.0. The van der Waals surface area contributed by atoms with Crippen LogP contribution in [0.1, 0.15) is 5.56 Å². The number of ether oxygens (including phenoxy) is 1. The van der Waals surface area contributed by atoms with Crippen LogP contribution in [0.3, 0.4) is 0 Å². The van der Waals surface area contributed by atoms with Crippen LogP contribution in [-0.2, 0) is 9.05 Å². The summed E-state index contributed by atoms with van der Waals surface area (Å²) in [4.78, 5) is -1.21.